The van der Waals surface area contributed by atoms with Crippen molar-refractivity contribution >= 4 is 11.9 Å². The van der Waals surface area contributed by atoms with Gasteiger partial charge in [0, 0.05) is 6.42 Å². The molecule has 1 aromatic heterocycles. The summed E-state index contributed by atoms with van der Waals surface area (Å²) in [5.74, 6) is -0.853. The molecule has 0 fully saturated rings. The number of aryl methyl sites for hydroxylation is 1. The van der Waals surface area contributed by atoms with Gasteiger partial charge in [0.2, 0.25) is 0 Å². The number of ether oxygens (including phenoxy) is 1. The molecule has 0 radical (unpaired) electrons. The van der Waals surface area contributed by atoms with Crippen molar-refractivity contribution in [3.05, 3.63) is 53.5 Å². The lowest BCUT2D eigenvalue weighted by Gasteiger charge is -2.18. The van der Waals surface area contributed by atoms with Crippen molar-refractivity contribution in [2.45, 2.75) is 32.7 Å². The van der Waals surface area contributed by atoms with Crippen LogP contribution in [0.5, 0.6) is 0 Å². The molecule has 1 atom stereocenters. The number of oxazole rings is 1. The van der Waals surface area contributed by atoms with Crippen LogP contribution in [-0.2, 0) is 16.0 Å². The molecule has 7 heteroatoms. The van der Waals surface area contributed by atoms with E-state index in [2.05, 4.69) is 10.3 Å². The average molecular weight is 334 g/mol. The van der Waals surface area contributed by atoms with Gasteiger partial charge >= 0.3 is 5.97 Å². The molecule has 0 aliphatic heterocycles. The third kappa shape index (κ3) is 4.41. The Morgan fingerprint density at radius 2 is 2.00 bits per heavy atom. The second-order valence-electron chi connectivity index (χ2n) is 5.06. The van der Waals surface area contributed by atoms with Gasteiger partial charge in [-0.3, -0.25) is 9.59 Å². The van der Waals surface area contributed by atoms with E-state index in [9.17, 15) is 14.0 Å². The molecule has 0 spiro atoms. The molecule has 0 aliphatic rings. The van der Waals surface area contributed by atoms with Crippen molar-refractivity contribution in [3.8, 4) is 0 Å². The molecule has 2 aromatic rings. The Balaban J connectivity index is 2.20. The number of carbonyl (C=O) groups excluding carboxylic acids is 2. The first kappa shape index (κ1) is 17.7. The van der Waals surface area contributed by atoms with E-state index in [1.165, 1.54) is 30.7 Å². The molecule has 0 bridgehead atoms. The van der Waals surface area contributed by atoms with Gasteiger partial charge in [0.25, 0.3) is 5.91 Å². The van der Waals surface area contributed by atoms with E-state index in [0.29, 0.717) is 17.7 Å². The van der Waals surface area contributed by atoms with E-state index >= 15 is 0 Å². The van der Waals surface area contributed by atoms with Gasteiger partial charge in [-0.15, -0.1) is 0 Å². The number of nitrogens with zero attached hydrogens (tertiary/aromatic N) is 1. The van der Waals surface area contributed by atoms with Crippen molar-refractivity contribution in [2.75, 3.05) is 6.61 Å². The first-order valence-corrected chi connectivity index (χ1v) is 7.69. The van der Waals surface area contributed by atoms with Crippen LogP contribution in [0.1, 0.15) is 48.1 Å². The third-order valence-corrected chi connectivity index (χ3v) is 3.43. The highest BCUT2D eigenvalue weighted by Crippen LogP contribution is 2.19. The fraction of sp³-hybridized carbons (Fsp3) is 0.353. The highest BCUT2D eigenvalue weighted by molar-refractivity contribution is 5.93. The lowest BCUT2D eigenvalue weighted by molar-refractivity contribution is -0.143. The van der Waals surface area contributed by atoms with Gasteiger partial charge in [0.15, 0.2) is 12.1 Å². The summed E-state index contributed by atoms with van der Waals surface area (Å²) in [6, 6.07) is 4.92. The van der Waals surface area contributed by atoms with Gasteiger partial charge in [-0.05, 0) is 24.6 Å². The predicted molar refractivity (Wildman–Crippen MR) is 83.7 cm³/mol. The van der Waals surface area contributed by atoms with Crippen LogP contribution in [0, 0.1) is 5.82 Å². The summed E-state index contributed by atoms with van der Waals surface area (Å²) in [4.78, 5) is 28.1. The second-order valence-corrected chi connectivity index (χ2v) is 5.06. The molecule has 128 valence electrons. The van der Waals surface area contributed by atoms with E-state index in [1.54, 1.807) is 6.92 Å². The molecule has 0 saturated heterocycles. The van der Waals surface area contributed by atoms with Crippen LogP contribution < -0.4 is 5.32 Å². The number of amides is 1. The summed E-state index contributed by atoms with van der Waals surface area (Å²) in [5.41, 5.74) is 0.771. The number of benzene rings is 1. The van der Waals surface area contributed by atoms with E-state index in [0.717, 1.165) is 0 Å². The Kier molecular flexibility index (Phi) is 6.06. The molecule has 24 heavy (non-hydrogen) atoms. The average Bonchev–Trinajstić information content (AvgIpc) is 3.04. The molecular formula is C17H19FN2O4. The maximum absolute atomic E-state index is 13.1. The number of rotatable bonds is 7. The molecule has 1 N–H and O–H groups in total. The lowest BCUT2D eigenvalue weighted by atomic mass is 10.0. The first-order valence-electron chi connectivity index (χ1n) is 7.69. The predicted octanol–water partition coefficient (Wildman–Crippen LogP) is 2.80. The summed E-state index contributed by atoms with van der Waals surface area (Å²) in [6.07, 6.45) is 1.65. The molecule has 0 aliphatic carbocycles. The molecular weight excluding hydrogens is 315 g/mol. The quantitative estimate of drug-likeness (QED) is 0.788. The van der Waals surface area contributed by atoms with Crippen LogP contribution in [0.4, 0.5) is 4.39 Å². The number of aromatic nitrogens is 1. The van der Waals surface area contributed by atoms with Gasteiger partial charge in [-0.2, -0.15) is 0 Å². The lowest BCUT2D eigenvalue weighted by Crippen LogP contribution is -2.31. The summed E-state index contributed by atoms with van der Waals surface area (Å²) >= 11 is 0. The van der Waals surface area contributed by atoms with Crippen LogP contribution >= 0.6 is 0 Å². The smallest absolute Gasteiger partial charge is 0.308 e. The van der Waals surface area contributed by atoms with Crippen molar-refractivity contribution in [1.29, 1.82) is 0 Å². The van der Waals surface area contributed by atoms with Crippen molar-refractivity contribution in [3.63, 3.8) is 0 Å². The minimum Gasteiger partial charge on any atom is -0.466 e. The molecule has 0 saturated carbocycles. The SMILES string of the molecule is CCOC(=O)C[C@H](NC(=O)c1ncoc1CC)c1ccc(F)cc1. The third-order valence-electron chi connectivity index (χ3n) is 3.43. The summed E-state index contributed by atoms with van der Waals surface area (Å²) in [7, 11) is 0. The van der Waals surface area contributed by atoms with Gasteiger partial charge in [0.05, 0.1) is 19.1 Å². The number of esters is 1. The number of nitrogens with one attached hydrogen (secondary N) is 1. The van der Waals surface area contributed by atoms with Crippen LogP contribution in [0.15, 0.2) is 35.1 Å². The van der Waals surface area contributed by atoms with Gasteiger partial charge in [-0.25, -0.2) is 9.37 Å². The summed E-state index contributed by atoms with van der Waals surface area (Å²) in [6.45, 7) is 3.78. The highest BCUT2D eigenvalue weighted by Gasteiger charge is 2.23. The number of carbonyl (C=O) groups is 2. The Bertz CT molecular complexity index is 697. The fourth-order valence-electron chi connectivity index (χ4n) is 2.27. The summed E-state index contributed by atoms with van der Waals surface area (Å²) in [5, 5.41) is 2.73. The topological polar surface area (TPSA) is 81.4 Å². The van der Waals surface area contributed by atoms with Crippen LogP contribution in [0.2, 0.25) is 0 Å². The Morgan fingerprint density at radius 3 is 2.62 bits per heavy atom. The normalized spacial score (nSPS) is 11.8. The zero-order chi connectivity index (χ0) is 17.5. The molecule has 2 rings (SSSR count). The number of halogens is 1. The van der Waals surface area contributed by atoms with E-state index < -0.39 is 23.7 Å². The van der Waals surface area contributed by atoms with Crippen LogP contribution in [0.3, 0.4) is 0 Å². The maximum Gasteiger partial charge on any atom is 0.308 e. The van der Waals surface area contributed by atoms with Gasteiger partial charge in [0.1, 0.15) is 11.6 Å². The monoisotopic (exact) mass is 334 g/mol. The first-order chi connectivity index (χ1) is 11.5. The van der Waals surface area contributed by atoms with Crippen molar-refractivity contribution < 1.29 is 23.1 Å². The molecule has 1 aromatic carbocycles. The number of hydrogen-bond acceptors (Lipinski definition) is 5. The summed E-state index contributed by atoms with van der Waals surface area (Å²) < 4.78 is 23.2. The zero-order valence-corrected chi connectivity index (χ0v) is 13.5. The zero-order valence-electron chi connectivity index (χ0n) is 13.5. The van der Waals surface area contributed by atoms with Crippen LogP contribution in [-0.4, -0.2) is 23.5 Å². The largest absolute Gasteiger partial charge is 0.466 e. The van der Waals surface area contributed by atoms with Crippen molar-refractivity contribution in [2.24, 2.45) is 0 Å². The molecule has 1 heterocycles. The maximum atomic E-state index is 13.1. The minimum absolute atomic E-state index is 0.0650. The Labute approximate surface area is 139 Å². The Hall–Kier alpha value is -2.70. The van der Waals surface area contributed by atoms with Gasteiger partial charge < -0.3 is 14.5 Å². The molecule has 6 nitrogen and oxygen atoms in total. The fourth-order valence-corrected chi connectivity index (χ4v) is 2.27. The number of hydrogen-bond donors (Lipinski definition) is 1. The van der Waals surface area contributed by atoms with Crippen LogP contribution in [0.25, 0.3) is 0 Å². The van der Waals surface area contributed by atoms with E-state index in [1.807, 2.05) is 6.92 Å². The second kappa shape index (κ2) is 8.24. The standard InChI is InChI=1S/C17H19FN2O4/c1-3-14-16(19-10-24-14)17(22)20-13(9-15(21)23-4-2)11-5-7-12(18)8-6-11/h5-8,10,13H,3-4,9H2,1-2H3,(H,20,22)/t13-/m0/s1. The Morgan fingerprint density at radius 1 is 1.29 bits per heavy atom. The van der Waals surface area contributed by atoms with E-state index in [-0.39, 0.29) is 18.7 Å². The van der Waals surface area contributed by atoms with E-state index in [4.69, 9.17) is 9.15 Å². The van der Waals surface area contributed by atoms with Gasteiger partial charge in [-0.1, -0.05) is 19.1 Å². The molecule has 1 amide bonds. The minimum atomic E-state index is -0.654. The van der Waals surface area contributed by atoms with Crippen molar-refractivity contribution in [1.82, 2.24) is 10.3 Å². The highest BCUT2D eigenvalue weighted by atomic mass is 19.1. The molecule has 0 unspecified atom stereocenters.